The van der Waals surface area contributed by atoms with E-state index in [1.54, 1.807) is 0 Å². The molecule has 0 aliphatic heterocycles. The lowest BCUT2D eigenvalue weighted by molar-refractivity contribution is -0.129. The largest absolute Gasteiger partial charge is 0.299 e. The van der Waals surface area contributed by atoms with Crippen LogP contribution in [-0.2, 0) is 4.79 Å². The molecule has 0 saturated heterocycles. The van der Waals surface area contributed by atoms with Crippen molar-refractivity contribution in [3.05, 3.63) is 0 Å². The van der Waals surface area contributed by atoms with E-state index < -0.39 is 0 Å². The van der Waals surface area contributed by atoms with Crippen molar-refractivity contribution in [2.24, 2.45) is 17.3 Å². The number of hydrogen-bond acceptors (Lipinski definition) is 1. The predicted octanol–water partition coefficient (Wildman–Crippen LogP) is 3.04. The minimum atomic E-state index is 0.172. The molecule has 1 saturated carbocycles. The van der Waals surface area contributed by atoms with Crippen LogP contribution in [0.3, 0.4) is 0 Å². The Hall–Kier alpha value is -0.330. The van der Waals surface area contributed by atoms with Crippen LogP contribution in [0.4, 0.5) is 0 Å². The van der Waals surface area contributed by atoms with Gasteiger partial charge in [0.1, 0.15) is 5.78 Å². The molecule has 0 aromatic heterocycles. The van der Waals surface area contributed by atoms with E-state index in [1.165, 1.54) is 0 Å². The van der Waals surface area contributed by atoms with Crippen molar-refractivity contribution in [2.45, 2.75) is 47.0 Å². The van der Waals surface area contributed by atoms with Crippen molar-refractivity contribution in [1.82, 2.24) is 0 Å². The maximum Gasteiger partial charge on any atom is 0.136 e. The number of carbonyl (C=O) groups excluding carboxylic acids is 1. The maximum absolute atomic E-state index is 11.6. The lowest BCUT2D eigenvalue weighted by atomic mass is 9.69. The van der Waals surface area contributed by atoms with Crippen LogP contribution in [0.1, 0.15) is 47.0 Å². The average molecular weight is 168 g/mol. The molecular weight excluding hydrogens is 148 g/mol. The summed E-state index contributed by atoms with van der Waals surface area (Å²) in [6.07, 6.45) is 3.01. The van der Waals surface area contributed by atoms with Crippen LogP contribution in [0.2, 0.25) is 0 Å². The highest BCUT2D eigenvalue weighted by Crippen LogP contribution is 2.37. The van der Waals surface area contributed by atoms with Gasteiger partial charge in [-0.25, -0.2) is 0 Å². The molecule has 1 aliphatic rings. The van der Waals surface area contributed by atoms with Crippen molar-refractivity contribution in [3.63, 3.8) is 0 Å². The Bertz CT molecular complexity index is 176. The topological polar surface area (TPSA) is 17.1 Å². The van der Waals surface area contributed by atoms with Gasteiger partial charge in [0, 0.05) is 12.3 Å². The molecule has 0 N–H and O–H groups in total. The summed E-state index contributed by atoms with van der Waals surface area (Å²) in [5.74, 6) is 1.54. The Morgan fingerprint density at radius 2 is 1.92 bits per heavy atom. The first-order valence-corrected chi connectivity index (χ1v) is 4.94. The molecule has 0 radical (unpaired) electrons. The highest BCUT2D eigenvalue weighted by molar-refractivity contribution is 5.82. The first-order chi connectivity index (χ1) is 5.41. The van der Waals surface area contributed by atoms with Crippen molar-refractivity contribution >= 4 is 5.78 Å². The normalized spacial score (nSPS) is 32.2. The molecule has 0 aromatic carbocycles. The van der Waals surface area contributed by atoms with Crippen LogP contribution < -0.4 is 0 Å². The molecule has 1 rings (SSSR count). The van der Waals surface area contributed by atoms with E-state index in [4.69, 9.17) is 0 Å². The van der Waals surface area contributed by atoms with Crippen molar-refractivity contribution < 1.29 is 4.79 Å². The summed E-state index contributed by atoms with van der Waals surface area (Å²) in [4.78, 5) is 11.6. The van der Waals surface area contributed by atoms with Gasteiger partial charge in [0.05, 0.1) is 0 Å². The maximum atomic E-state index is 11.6. The van der Waals surface area contributed by atoms with E-state index in [1.807, 2.05) is 0 Å². The van der Waals surface area contributed by atoms with E-state index in [0.29, 0.717) is 11.7 Å². The molecule has 0 spiro atoms. The first-order valence-electron chi connectivity index (χ1n) is 4.94. The summed E-state index contributed by atoms with van der Waals surface area (Å²) in [5, 5.41) is 0. The molecular formula is C11H20O. The summed E-state index contributed by atoms with van der Waals surface area (Å²) in [5.41, 5.74) is 0.172. The molecule has 70 valence electrons. The van der Waals surface area contributed by atoms with E-state index in [2.05, 4.69) is 27.7 Å². The molecule has 1 heteroatoms. The van der Waals surface area contributed by atoms with E-state index in [0.717, 1.165) is 25.2 Å². The third kappa shape index (κ3) is 2.09. The second kappa shape index (κ2) is 3.20. The van der Waals surface area contributed by atoms with Gasteiger partial charge in [-0.2, -0.15) is 0 Å². The minimum Gasteiger partial charge on any atom is -0.299 e. The van der Waals surface area contributed by atoms with Crippen LogP contribution in [0.5, 0.6) is 0 Å². The standard InChI is InChI=1S/C11H20O/c1-8-5-6-10(12)9(7-8)11(2,3)4/h8-9H,5-7H2,1-4H3. The molecule has 2 unspecified atom stereocenters. The highest BCUT2D eigenvalue weighted by Gasteiger charge is 2.34. The molecule has 0 aromatic rings. The van der Waals surface area contributed by atoms with Crippen molar-refractivity contribution in [1.29, 1.82) is 0 Å². The molecule has 1 aliphatic carbocycles. The van der Waals surface area contributed by atoms with Crippen LogP contribution in [-0.4, -0.2) is 5.78 Å². The molecule has 0 bridgehead atoms. The number of Topliss-reactive ketones (excluding diaryl/α,β-unsaturated/α-hetero) is 1. The first kappa shape index (κ1) is 9.76. The number of ketones is 1. The lowest BCUT2D eigenvalue weighted by Gasteiger charge is -2.35. The molecule has 0 amide bonds. The van der Waals surface area contributed by atoms with Crippen LogP contribution in [0.15, 0.2) is 0 Å². The minimum absolute atomic E-state index is 0.172. The summed E-state index contributed by atoms with van der Waals surface area (Å²) in [6, 6.07) is 0. The Labute approximate surface area is 75.5 Å². The summed E-state index contributed by atoms with van der Waals surface area (Å²) in [6.45, 7) is 8.78. The SMILES string of the molecule is CC1CCC(=O)C(C(C)(C)C)C1. The molecule has 1 nitrogen and oxygen atoms in total. The second-order valence-electron chi connectivity index (χ2n) is 5.26. The monoisotopic (exact) mass is 168 g/mol. The number of hydrogen-bond donors (Lipinski definition) is 0. The average Bonchev–Trinajstić information content (AvgIpc) is 1.92. The van der Waals surface area contributed by atoms with Gasteiger partial charge in [-0.05, 0) is 24.2 Å². The smallest absolute Gasteiger partial charge is 0.136 e. The zero-order valence-corrected chi connectivity index (χ0v) is 8.68. The van der Waals surface area contributed by atoms with E-state index >= 15 is 0 Å². The fourth-order valence-corrected chi connectivity index (χ4v) is 2.05. The van der Waals surface area contributed by atoms with Gasteiger partial charge >= 0.3 is 0 Å². The fourth-order valence-electron chi connectivity index (χ4n) is 2.05. The lowest BCUT2D eigenvalue weighted by Crippen LogP contribution is -2.33. The molecule has 2 atom stereocenters. The zero-order chi connectivity index (χ0) is 9.35. The van der Waals surface area contributed by atoms with Gasteiger partial charge in [0.2, 0.25) is 0 Å². The van der Waals surface area contributed by atoms with Crippen molar-refractivity contribution in [3.8, 4) is 0 Å². The molecule has 12 heavy (non-hydrogen) atoms. The van der Waals surface area contributed by atoms with Crippen LogP contribution in [0.25, 0.3) is 0 Å². The van der Waals surface area contributed by atoms with Gasteiger partial charge < -0.3 is 0 Å². The Kier molecular flexibility index (Phi) is 2.60. The van der Waals surface area contributed by atoms with Crippen LogP contribution >= 0.6 is 0 Å². The second-order valence-corrected chi connectivity index (χ2v) is 5.26. The van der Waals surface area contributed by atoms with E-state index in [9.17, 15) is 4.79 Å². The Morgan fingerprint density at radius 3 is 2.33 bits per heavy atom. The number of rotatable bonds is 0. The summed E-state index contributed by atoms with van der Waals surface area (Å²) >= 11 is 0. The predicted molar refractivity (Wildman–Crippen MR) is 51.0 cm³/mol. The third-order valence-electron chi connectivity index (χ3n) is 2.96. The Balaban J connectivity index is 2.68. The fraction of sp³-hybridized carbons (Fsp3) is 0.909. The quantitative estimate of drug-likeness (QED) is 0.543. The number of carbonyl (C=O) groups is 1. The van der Waals surface area contributed by atoms with Gasteiger partial charge in [-0.3, -0.25) is 4.79 Å². The van der Waals surface area contributed by atoms with Crippen molar-refractivity contribution in [2.75, 3.05) is 0 Å². The molecule has 1 fully saturated rings. The summed E-state index contributed by atoms with van der Waals surface area (Å²) < 4.78 is 0. The van der Waals surface area contributed by atoms with Crippen LogP contribution in [0, 0.1) is 17.3 Å². The Morgan fingerprint density at radius 1 is 1.33 bits per heavy atom. The van der Waals surface area contributed by atoms with E-state index in [-0.39, 0.29) is 5.41 Å². The summed E-state index contributed by atoms with van der Waals surface area (Å²) in [7, 11) is 0. The van der Waals surface area contributed by atoms with Gasteiger partial charge in [-0.15, -0.1) is 0 Å². The molecule has 0 heterocycles. The highest BCUT2D eigenvalue weighted by atomic mass is 16.1. The third-order valence-corrected chi connectivity index (χ3v) is 2.96. The van der Waals surface area contributed by atoms with Gasteiger partial charge in [0.25, 0.3) is 0 Å². The van der Waals surface area contributed by atoms with Gasteiger partial charge in [-0.1, -0.05) is 27.7 Å². The van der Waals surface area contributed by atoms with Gasteiger partial charge in [0.15, 0.2) is 0 Å². The zero-order valence-electron chi connectivity index (χ0n) is 8.68.